The predicted molar refractivity (Wildman–Crippen MR) is 71.1 cm³/mol. The maximum atomic E-state index is 5.59. The molecule has 0 aliphatic carbocycles. The van der Waals surface area contributed by atoms with Crippen molar-refractivity contribution in [3.05, 3.63) is 35.9 Å². The Morgan fingerprint density at radius 1 is 0.824 bits per heavy atom. The summed E-state index contributed by atoms with van der Waals surface area (Å²) in [5, 5.41) is 0. The lowest BCUT2D eigenvalue weighted by atomic mass is 10.2. The van der Waals surface area contributed by atoms with Gasteiger partial charge in [-0.3, -0.25) is 0 Å². The van der Waals surface area contributed by atoms with Crippen LogP contribution in [0.2, 0.25) is 0 Å². The van der Waals surface area contributed by atoms with Gasteiger partial charge >= 0.3 is 0 Å². The Morgan fingerprint density at radius 2 is 1.47 bits per heavy atom. The van der Waals surface area contributed by atoms with E-state index >= 15 is 0 Å². The zero-order valence-electron chi connectivity index (χ0n) is 10.9. The first-order chi connectivity index (χ1) is 8.43. The number of benzene rings is 1. The van der Waals surface area contributed by atoms with Gasteiger partial charge in [-0.1, -0.05) is 43.7 Å². The molecule has 0 aromatic heterocycles. The van der Waals surface area contributed by atoms with E-state index in [-0.39, 0.29) is 0 Å². The van der Waals surface area contributed by atoms with Crippen LogP contribution in [0.3, 0.4) is 0 Å². The molecule has 0 unspecified atom stereocenters. The van der Waals surface area contributed by atoms with Crippen LogP contribution < -0.4 is 0 Å². The van der Waals surface area contributed by atoms with Crippen molar-refractivity contribution in [1.82, 2.24) is 0 Å². The normalized spacial score (nSPS) is 10.6. The number of ether oxygens (including phenoxy) is 2. The van der Waals surface area contributed by atoms with E-state index in [0.29, 0.717) is 0 Å². The van der Waals surface area contributed by atoms with Gasteiger partial charge in [0, 0.05) is 19.8 Å². The highest BCUT2D eigenvalue weighted by molar-refractivity contribution is 5.13. The molecular weight excluding hydrogens is 212 g/mol. The first-order valence-electron chi connectivity index (χ1n) is 6.63. The molecule has 1 aromatic carbocycles. The van der Waals surface area contributed by atoms with E-state index < -0.39 is 0 Å². The molecule has 0 radical (unpaired) electrons. The molecule has 0 atom stereocenters. The third kappa shape index (κ3) is 7.94. The summed E-state index contributed by atoms with van der Waals surface area (Å²) in [5.41, 5.74) is 1.24. The lowest BCUT2D eigenvalue weighted by Crippen LogP contribution is -2.00. The molecule has 96 valence electrons. The van der Waals surface area contributed by atoms with E-state index in [1.165, 1.54) is 18.4 Å². The molecule has 1 aromatic rings. The fourth-order valence-corrected chi connectivity index (χ4v) is 1.52. The number of rotatable bonds is 10. The third-order valence-corrected chi connectivity index (χ3v) is 2.58. The van der Waals surface area contributed by atoms with Crippen molar-refractivity contribution in [2.45, 2.75) is 39.2 Å². The zero-order chi connectivity index (χ0) is 12.2. The topological polar surface area (TPSA) is 18.5 Å². The van der Waals surface area contributed by atoms with Crippen LogP contribution in [0.1, 0.15) is 38.2 Å². The quantitative estimate of drug-likeness (QED) is 0.575. The van der Waals surface area contributed by atoms with Gasteiger partial charge in [0.15, 0.2) is 0 Å². The summed E-state index contributed by atoms with van der Waals surface area (Å²) >= 11 is 0. The summed E-state index contributed by atoms with van der Waals surface area (Å²) in [6.07, 6.45) is 4.56. The largest absolute Gasteiger partial charge is 0.381 e. The predicted octanol–water partition coefficient (Wildman–Crippen LogP) is 3.80. The molecule has 0 fully saturated rings. The lowest BCUT2D eigenvalue weighted by Gasteiger charge is -2.05. The van der Waals surface area contributed by atoms with Crippen molar-refractivity contribution in [3.8, 4) is 0 Å². The minimum absolute atomic E-state index is 0.720. The molecule has 0 saturated carbocycles. The van der Waals surface area contributed by atoms with Gasteiger partial charge in [0.25, 0.3) is 0 Å². The zero-order valence-corrected chi connectivity index (χ0v) is 10.9. The molecular formula is C15H24O2. The third-order valence-electron chi connectivity index (χ3n) is 2.58. The van der Waals surface area contributed by atoms with Crippen molar-refractivity contribution in [2.24, 2.45) is 0 Å². The highest BCUT2D eigenvalue weighted by Crippen LogP contribution is 2.01. The number of unbranched alkanes of at least 4 members (excludes halogenated alkanes) is 2. The van der Waals surface area contributed by atoms with Gasteiger partial charge in [0.1, 0.15) is 0 Å². The lowest BCUT2D eigenvalue weighted by molar-refractivity contribution is 0.0946. The van der Waals surface area contributed by atoms with E-state index in [2.05, 4.69) is 19.1 Å². The Morgan fingerprint density at radius 3 is 2.18 bits per heavy atom. The van der Waals surface area contributed by atoms with Crippen molar-refractivity contribution >= 4 is 0 Å². The van der Waals surface area contributed by atoms with Gasteiger partial charge in [0.2, 0.25) is 0 Å². The second kappa shape index (κ2) is 10.3. The van der Waals surface area contributed by atoms with Crippen LogP contribution in [0.15, 0.2) is 30.3 Å². The molecule has 0 aliphatic heterocycles. The summed E-state index contributed by atoms with van der Waals surface area (Å²) in [6.45, 7) is 5.50. The molecule has 2 nitrogen and oxygen atoms in total. The van der Waals surface area contributed by atoms with Crippen molar-refractivity contribution in [1.29, 1.82) is 0 Å². The second-order valence-electron chi connectivity index (χ2n) is 4.21. The van der Waals surface area contributed by atoms with Gasteiger partial charge in [0.05, 0.1) is 6.61 Å². The Labute approximate surface area is 105 Å². The molecule has 17 heavy (non-hydrogen) atoms. The summed E-state index contributed by atoms with van der Waals surface area (Å²) in [5.74, 6) is 0. The van der Waals surface area contributed by atoms with Gasteiger partial charge in [-0.15, -0.1) is 0 Å². The standard InChI is InChI=1S/C15H24O2/c1-2-3-11-16-12-7-8-13-17-14-15-9-5-4-6-10-15/h4-6,9-10H,2-3,7-8,11-14H2,1H3. The Kier molecular flexibility index (Phi) is 8.61. The van der Waals surface area contributed by atoms with E-state index in [0.717, 1.165) is 39.3 Å². The van der Waals surface area contributed by atoms with E-state index in [1.54, 1.807) is 0 Å². The van der Waals surface area contributed by atoms with Crippen molar-refractivity contribution in [2.75, 3.05) is 19.8 Å². The van der Waals surface area contributed by atoms with Gasteiger partial charge in [-0.25, -0.2) is 0 Å². The monoisotopic (exact) mass is 236 g/mol. The molecule has 0 saturated heterocycles. The average Bonchev–Trinajstić information content (AvgIpc) is 2.38. The fourth-order valence-electron chi connectivity index (χ4n) is 1.52. The van der Waals surface area contributed by atoms with Gasteiger partial charge < -0.3 is 9.47 Å². The van der Waals surface area contributed by atoms with Crippen molar-refractivity contribution in [3.63, 3.8) is 0 Å². The van der Waals surface area contributed by atoms with Crippen LogP contribution in [0.4, 0.5) is 0 Å². The van der Waals surface area contributed by atoms with Crippen LogP contribution in [0.5, 0.6) is 0 Å². The first kappa shape index (κ1) is 14.2. The molecule has 0 bridgehead atoms. The van der Waals surface area contributed by atoms with Crippen LogP contribution in [-0.2, 0) is 16.1 Å². The number of hydrogen-bond donors (Lipinski definition) is 0. The van der Waals surface area contributed by atoms with Crippen LogP contribution in [0.25, 0.3) is 0 Å². The summed E-state index contributed by atoms with van der Waals surface area (Å²) in [7, 11) is 0. The van der Waals surface area contributed by atoms with E-state index in [9.17, 15) is 0 Å². The Balaban J connectivity index is 1.85. The molecule has 0 heterocycles. The first-order valence-corrected chi connectivity index (χ1v) is 6.63. The Bertz CT molecular complexity index is 259. The highest BCUT2D eigenvalue weighted by atomic mass is 16.5. The number of hydrogen-bond acceptors (Lipinski definition) is 2. The molecule has 1 rings (SSSR count). The SMILES string of the molecule is CCCCOCCCCOCc1ccccc1. The highest BCUT2D eigenvalue weighted by Gasteiger charge is 1.93. The van der Waals surface area contributed by atoms with Crippen molar-refractivity contribution < 1.29 is 9.47 Å². The van der Waals surface area contributed by atoms with Crippen LogP contribution >= 0.6 is 0 Å². The maximum absolute atomic E-state index is 5.59. The molecule has 0 spiro atoms. The van der Waals surface area contributed by atoms with E-state index in [4.69, 9.17) is 9.47 Å². The molecule has 0 amide bonds. The molecule has 0 N–H and O–H groups in total. The smallest absolute Gasteiger partial charge is 0.0716 e. The minimum Gasteiger partial charge on any atom is -0.381 e. The minimum atomic E-state index is 0.720. The summed E-state index contributed by atoms with van der Waals surface area (Å²) in [6, 6.07) is 10.3. The second-order valence-corrected chi connectivity index (χ2v) is 4.21. The fraction of sp³-hybridized carbons (Fsp3) is 0.600. The molecule has 2 heteroatoms. The summed E-state index contributed by atoms with van der Waals surface area (Å²) in [4.78, 5) is 0. The average molecular weight is 236 g/mol. The summed E-state index contributed by atoms with van der Waals surface area (Å²) < 4.78 is 11.1. The van der Waals surface area contributed by atoms with Crippen LogP contribution in [-0.4, -0.2) is 19.8 Å². The van der Waals surface area contributed by atoms with Crippen LogP contribution in [0, 0.1) is 0 Å². The van der Waals surface area contributed by atoms with Gasteiger partial charge in [-0.05, 0) is 24.8 Å². The Hall–Kier alpha value is -0.860. The maximum Gasteiger partial charge on any atom is 0.0716 e. The van der Waals surface area contributed by atoms with Gasteiger partial charge in [-0.2, -0.15) is 0 Å². The molecule has 0 aliphatic rings. The van der Waals surface area contributed by atoms with E-state index in [1.807, 2.05) is 18.2 Å².